The highest BCUT2D eigenvalue weighted by molar-refractivity contribution is 7.92. The second-order valence-electron chi connectivity index (χ2n) is 5.05. The monoisotopic (exact) mass is 347 g/mol. The molecule has 0 aliphatic heterocycles. The summed E-state index contributed by atoms with van der Waals surface area (Å²) >= 11 is 0. The third-order valence-corrected chi connectivity index (χ3v) is 4.60. The van der Waals surface area contributed by atoms with E-state index in [9.17, 15) is 13.2 Å². The average molecular weight is 347 g/mol. The number of sulfonamides is 1. The minimum absolute atomic E-state index is 0.0712. The number of anilines is 1. The molecule has 2 aromatic rings. The molecule has 0 radical (unpaired) electrons. The fraction of sp³-hybridized carbons (Fsp3) is 0.118. The summed E-state index contributed by atoms with van der Waals surface area (Å²) in [6.45, 7) is 1.90. The lowest BCUT2D eigenvalue weighted by molar-refractivity contribution is -0.131. The number of nitrogens with one attached hydrogen (secondary N) is 1. The number of aliphatic carboxylic acids is 1. The van der Waals surface area contributed by atoms with Crippen LogP contribution in [0.3, 0.4) is 0 Å². The van der Waals surface area contributed by atoms with Crippen molar-refractivity contribution >= 4 is 27.8 Å². The molecule has 0 fully saturated rings. The Morgan fingerprint density at radius 1 is 1.17 bits per heavy atom. The van der Waals surface area contributed by atoms with E-state index in [0.717, 1.165) is 11.6 Å². The van der Waals surface area contributed by atoms with Crippen LogP contribution in [0.25, 0.3) is 6.08 Å². The van der Waals surface area contributed by atoms with Gasteiger partial charge in [-0.1, -0.05) is 23.8 Å². The van der Waals surface area contributed by atoms with Gasteiger partial charge in [0.2, 0.25) is 0 Å². The van der Waals surface area contributed by atoms with Crippen LogP contribution in [-0.4, -0.2) is 26.6 Å². The molecule has 24 heavy (non-hydrogen) atoms. The topological polar surface area (TPSA) is 92.7 Å². The van der Waals surface area contributed by atoms with Crippen molar-refractivity contribution in [3.63, 3.8) is 0 Å². The Labute approximate surface area is 140 Å². The summed E-state index contributed by atoms with van der Waals surface area (Å²) < 4.78 is 32.8. The van der Waals surface area contributed by atoms with Gasteiger partial charge < -0.3 is 9.84 Å². The van der Waals surface area contributed by atoms with Crippen LogP contribution < -0.4 is 9.46 Å². The van der Waals surface area contributed by atoms with Crippen molar-refractivity contribution in [2.75, 3.05) is 11.8 Å². The maximum atomic E-state index is 12.6. The molecule has 0 atom stereocenters. The molecule has 0 spiro atoms. The summed E-state index contributed by atoms with van der Waals surface area (Å²) in [6.07, 6.45) is 2.25. The summed E-state index contributed by atoms with van der Waals surface area (Å²) in [5, 5.41) is 8.68. The summed E-state index contributed by atoms with van der Waals surface area (Å²) in [5.41, 5.74) is 1.87. The molecule has 7 heteroatoms. The zero-order valence-corrected chi connectivity index (χ0v) is 14.0. The first-order valence-corrected chi connectivity index (χ1v) is 8.48. The molecule has 0 heterocycles. The van der Waals surface area contributed by atoms with Crippen LogP contribution >= 0.6 is 0 Å². The first-order valence-electron chi connectivity index (χ1n) is 7.00. The van der Waals surface area contributed by atoms with Gasteiger partial charge in [0.1, 0.15) is 10.6 Å². The molecule has 0 aliphatic rings. The minimum Gasteiger partial charge on any atom is -0.495 e. The van der Waals surface area contributed by atoms with Crippen LogP contribution in [0.5, 0.6) is 5.75 Å². The third kappa shape index (κ3) is 4.36. The van der Waals surface area contributed by atoms with E-state index in [2.05, 4.69) is 4.72 Å². The summed E-state index contributed by atoms with van der Waals surface area (Å²) in [4.78, 5) is 10.5. The highest BCUT2D eigenvalue weighted by Gasteiger charge is 2.20. The number of carboxylic acids is 1. The predicted molar refractivity (Wildman–Crippen MR) is 91.7 cm³/mol. The molecule has 0 bridgehead atoms. The van der Waals surface area contributed by atoms with Crippen LogP contribution in [0.1, 0.15) is 11.1 Å². The molecule has 2 aromatic carbocycles. The average Bonchev–Trinajstić information content (AvgIpc) is 2.54. The fourth-order valence-electron chi connectivity index (χ4n) is 2.01. The number of benzene rings is 2. The number of methoxy groups -OCH3 is 1. The van der Waals surface area contributed by atoms with E-state index >= 15 is 0 Å². The maximum Gasteiger partial charge on any atom is 0.328 e. The van der Waals surface area contributed by atoms with E-state index in [0.29, 0.717) is 11.3 Å². The van der Waals surface area contributed by atoms with Crippen molar-refractivity contribution in [1.82, 2.24) is 0 Å². The Balaban J connectivity index is 2.41. The van der Waals surface area contributed by atoms with Crippen molar-refractivity contribution < 1.29 is 23.1 Å². The van der Waals surface area contributed by atoms with Crippen molar-refractivity contribution in [1.29, 1.82) is 0 Å². The van der Waals surface area contributed by atoms with Crippen molar-refractivity contribution in [3.05, 3.63) is 59.7 Å². The normalized spacial score (nSPS) is 11.4. The van der Waals surface area contributed by atoms with Gasteiger partial charge in [0.05, 0.1) is 7.11 Å². The Morgan fingerprint density at radius 3 is 2.42 bits per heavy atom. The first kappa shape index (κ1) is 17.6. The molecule has 0 aliphatic carbocycles. The Kier molecular flexibility index (Phi) is 5.25. The lowest BCUT2D eigenvalue weighted by Gasteiger charge is -2.12. The SMILES string of the molecule is COc1ccc(C=CC(=O)O)cc1S(=O)(=O)Nc1ccc(C)cc1. The smallest absolute Gasteiger partial charge is 0.328 e. The van der Waals surface area contributed by atoms with E-state index in [4.69, 9.17) is 9.84 Å². The summed E-state index contributed by atoms with van der Waals surface area (Å²) in [5.74, 6) is -0.949. The van der Waals surface area contributed by atoms with Gasteiger partial charge in [0, 0.05) is 11.8 Å². The lowest BCUT2D eigenvalue weighted by atomic mass is 10.2. The van der Waals surface area contributed by atoms with Gasteiger partial charge in [-0.3, -0.25) is 4.72 Å². The molecule has 0 unspecified atom stereocenters. The molecular formula is C17H17NO5S. The fourth-order valence-corrected chi connectivity index (χ4v) is 3.27. The highest BCUT2D eigenvalue weighted by atomic mass is 32.2. The quantitative estimate of drug-likeness (QED) is 0.784. The number of ether oxygens (including phenoxy) is 1. The predicted octanol–water partition coefficient (Wildman–Crippen LogP) is 2.90. The molecule has 126 valence electrons. The Hall–Kier alpha value is -2.80. The van der Waals surface area contributed by atoms with E-state index < -0.39 is 16.0 Å². The second kappa shape index (κ2) is 7.18. The van der Waals surface area contributed by atoms with Gasteiger partial charge in [0.15, 0.2) is 0 Å². The van der Waals surface area contributed by atoms with Crippen molar-refractivity contribution in [2.24, 2.45) is 0 Å². The zero-order valence-electron chi connectivity index (χ0n) is 13.2. The molecule has 2 N–H and O–H groups in total. The molecule has 0 aromatic heterocycles. The van der Waals surface area contributed by atoms with Gasteiger partial charge in [-0.25, -0.2) is 13.2 Å². The Morgan fingerprint density at radius 2 is 1.83 bits per heavy atom. The number of aryl methyl sites for hydroxylation is 1. The summed E-state index contributed by atoms with van der Waals surface area (Å²) in [7, 11) is -2.52. The van der Waals surface area contributed by atoms with Gasteiger partial charge in [-0.15, -0.1) is 0 Å². The number of hydrogen-bond acceptors (Lipinski definition) is 4. The first-order chi connectivity index (χ1) is 11.3. The molecule has 0 amide bonds. The van der Waals surface area contributed by atoms with Gasteiger partial charge in [-0.05, 0) is 42.8 Å². The Bertz CT molecular complexity index is 870. The van der Waals surface area contributed by atoms with Crippen LogP contribution in [0.4, 0.5) is 5.69 Å². The maximum absolute atomic E-state index is 12.6. The van der Waals surface area contributed by atoms with Gasteiger partial charge in [-0.2, -0.15) is 0 Å². The van der Waals surface area contributed by atoms with E-state index in [1.807, 2.05) is 6.92 Å². The van der Waals surface area contributed by atoms with Crippen LogP contribution in [0, 0.1) is 6.92 Å². The van der Waals surface area contributed by atoms with Gasteiger partial charge >= 0.3 is 5.97 Å². The number of carbonyl (C=O) groups is 1. The highest BCUT2D eigenvalue weighted by Crippen LogP contribution is 2.27. The van der Waals surface area contributed by atoms with E-state index in [1.54, 1.807) is 30.3 Å². The molecule has 0 saturated carbocycles. The lowest BCUT2D eigenvalue weighted by Crippen LogP contribution is -2.14. The molecule has 6 nitrogen and oxygen atoms in total. The van der Waals surface area contributed by atoms with Crippen LogP contribution in [-0.2, 0) is 14.8 Å². The number of hydrogen-bond donors (Lipinski definition) is 2. The molecule has 2 rings (SSSR count). The second-order valence-corrected chi connectivity index (χ2v) is 6.70. The zero-order chi connectivity index (χ0) is 17.7. The van der Waals surface area contributed by atoms with E-state index in [-0.39, 0.29) is 10.6 Å². The number of rotatable bonds is 6. The molecular weight excluding hydrogens is 330 g/mol. The van der Waals surface area contributed by atoms with Crippen molar-refractivity contribution in [2.45, 2.75) is 11.8 Å². The standard InChI is InChI=1S/C17H17NO5S/c1-12-3-7-14(8-4-12)18-24(21,22)16-11-13(6-10-17(19)20)5-9-15(16)23-2/h3-11,18H,1-2H3,(H,19,20). The third-order valence-electron chi connectivity index (χ3n) is 3.20. The largest absolute Gasteiger partial charge is 0.495 e. The van der Waals surface area contributed by atoms with Crippen molar-refractivity contribution in [3.8, 4) is 5.75 Å². The minimum atomic E-state index is -3.89. The molecule has 0 saturated heterocycles. The summed E-state index contributed by atoms with van der Waals surface area (Å²) in [6, 6.07) is 11.3. The number of carboxylic acid groups (broad SMARTS) is 1. The van der Waals surface area contributed by atoms with Crippen LogP contribution in [0.15, 0.2) is 53.4 Å². The van der Waals surface area contributed by atoms with Crippen LogP contribution in [0.2, 0.25) is 0 Å². The van der Waals surface area contributed by atoms with Gasteiger partial charge in [0.25, 0.3) is 10.0 Å². The van der Waals surface area contributed by atoms with E-state index in [1.165, 1.54) is 25.3 Å².